The van der Waals surface area contributed by atoms with Crippen molar-refractivity contribution in [3.8, 4) is 0 Å². The molecule has 1 rings (SSSR count). The van der Waals surface area contributed by atoms with Crippen molar-refractivity contribution in [2.24, 2.45) is 0 Å². The van der Waals surface area contributed by atoms with Crippen LogP contribution < -0.4 is 0 Å². The van der Waals surface area contributed by atoms with Crippen molar-refractivity contribution in [3.63, 3.8) is 0 Å². The number of carbonyl (C=O) groups is 1. The van der Waals surface area contributed by atoms with Crippen molar-refractivity contribution < 1.29 is 9.90 Å². The Balaban J connectivity index is 2.82. The van der Waals surface area contributed by atoms with Gasteiger partial charge in [0, 0.05) is 5.57 Å². The van der Waals surface area contributed by atoms with Gasteiger partial charge in [-0.3, -0.25) is 0 Å². The van der Waals surface area contributed by atoms with Gasteiger partial charge in [-0.05, 0) is 18.4 Å². The molecular weight excluding hydrogens is 176 g/mol. The summed E-state index contributed by atoms with van der Waals surface area (Å²) in [7, 11) is 0. The molecule has 0 amide bonds. The summed E-state index contributed by atoms with van der Waals surface area (Å²) in [5.74, 6) is -0.708. The summed E-state index contributed by atoms with van der Waals surface area (Å²) in [6.07, 6.45) is 1.76. The van der Waals surface area contributed by atoms with Crippen LogP contribution in [0, 0.1) is 0 Å². The molecule has 0 aromatic heterocycles. The molecule has 0 bridgehead atoms. The van der Waals surface area contributed by atoms with Gasteiger partial charge < -0.3 is 5.11 Å². The zero-order valence-electron chi connectivity index (χ0n) is 8.40. The lowest BCUT2D eigenvalue weighted by atomic mass is 9.99. The van der Waals surface area contributed by atoms with Crippen LogP contribution in [0.4, 0.5) is 0 Å². The Labute approximate surface area is 83.9 Å². The van der Waals surface area contributed by atoms with Crippen molar-refractivity contribution in [2.75, 3.05) is 0 Å². The van der Waals surface area contributed by atoms with Crippen LogP contribution in [0.3, 0.4) is 0 Å². The lowest BCUT2D eigenvalue weighted by molar-refractivity contribution is -0.132. The summed E-state index contributed by atoms with van der Waals surface area (Å²) in [5, 5.41) is 8.71. The molecule has 0 aliphatic carbocycles. The second-order valence-corrected chi connectivity index (χ2v) is 3.35. The minimum Gasteiger partial charge on any atom is -0.478 e. The van der Waals surface area contributed by atoms with E-state index in [2.05, 4.69) is 0 Å². The molecule has 2 heteroatoms. The van der Waals surface area contributed by atoms with E-state index in [0.29, 0.717) is 5.57 Å². The average Bonchev–Trinajstić information content (AvgIpc) is 2.19. The number of aliphatic carboxylic acids is 1. The first kappa shape index (κ1) is 10.5. The van der Waals surface area contributed by atoms with Crippen LogP contribution >= 0.6 is 0 Å². The minimum absolute atomic E-state index is 0.146. The maximum absolute atomic E-state index is 10.6. The number of carboxylic acid groups (broad SMARTS) is 1. The molecule has 0 radical (unpaired) electrons. The molecule has 0 heterocycles. The molecule has 1 atom stereocenters. The van der Waals surface area contributed by atoms with Gasteiger partial charge in [-0.25, -0.2) is 4.79 Å². The Kier molecular flexibility index (Phi) is 3.46. The highest BCUT2D eigenvalue weighted by Crippen LogP contribution is 2.17. The lowest BCUT2D eigenvalue weighted by Crippen LogP contribution is -1.99. The van der Waals surface area contributed by atoms with E-state index in [9.17, 15) is 4.79 Å². The predicted octanol–water partition coefficient (Wildman–Crippen LogP) is 2.82. The summed E-state index contributed by atoms with van der Waals surface area (Å²) in [5.41, 5.74) is 1.52. The van der Waals surface area contributed by atoms with Crippen molar-refractivity contribution >= 4 is 5.97 Å². The number of hydrogen-bond acceptors (Lipinski definition) is 1. The molecular formula is C12H14O2. The second kappa shape index (κ2) is 4.61. The fraction of sp³-hybridized carbons (Fsp3) is 0.250. The Bertz CT molecular complexity index is 339. The SMILES string of the molecule is CC(=C[C@H](C)c1ccccc1)C(=O)O. The summed E-state index contributed by atoms with van der Waals surface area (Å²) in [4.78, 5) is 10.6. The van der Waals surface area contributed by atoms with E-state index in [0.717, 1.165) is 5.56 Å². The Morgan fingerprint density at radius 3 is 2.43 bits per heavy atom. The van der Waals surface area contributed by atoms with E-state index < -0.39 is 5.97 Å². The van der Waals surface area contributed by atoms with Crippen molar-refractivity contribution in [2.45, 2.75) is 19.8 Å². The summed E-state index contributed by atoms with van der Waals surface area (Å²) < 4.78 is 0. The zero-order chi connectivity index (χ0) is 10.6. The van der Waals surface area contributed by atoms with Gasteiger partial charge >= 0.3 is 5.97 Å². The quantitative estimate of drug-likeness (QED) is 0.744. The third-order valence-electron chi connectivity index (χ3n) is 2.16. The molecule has 0 unspecified atom stereocenters. The van der Waals surface area contributed by atoms with Crippen molar-refractivity contribution in [1.82, 2.24) is 0 Å². The van der Waals surface area contributed by atoms with Crippen molar-refractivity contribution in [3.05, 3.63) is 47.5 Å². The van der Waals surface area contributed by atoms with E-state index in [1.807, 2.05) is 37.3 Å². The molecule has 0 fully saturated rings. The first-order valence-electron chi connectivity index (χ1n) is 4.58. The Morgan fingerprint density at radius 2 is 1.93 bits per heavy atom. The third kappa shape index (κ3) is 2.73. The molecule has 1 aromatic rings. The van der Waals surface area contributed by atoms with Gasteiger partial charge in [0.2, 0.25) is 0 Å². The monoisotopic (exact) mass is 190 g/mol. The first-order valence-corrected chi connectivity index (χ1v) is 4.58. The highest BCUT2D eigenvalue weighted by atomic mass is 16.4. The number of hydrogen-bond donors (Lipinski definition) is 1. The highest BCUT2D eigenvalue weighted by molar-refractivity contribution is 5.85. The first-order chi connectivity index (χ1) is 6.61. The fourth-order valence-corrected chi connectivity index (χ4v) is 1.30. The van der Waals surface area contributed by atoms with Crippen LogP contribution in [0.15, 0.2) is 42.0 Å². The number of rotatable bonds is 3. The zero-order valence-corrected chi connectivity index (χ0v) is 8.40. The predicted molar refractivity (Wildman–Crippen MR) is 56.2 cm³/mol. The topological polar surface area (TPSA) is 37.3 Å². The Hall–Kier alpha value is -1.57. The largest absolute Gasteiger partial charge is 0.478 e. The average molecular weight is 190 g/mol. The summed E-state index contributed by atoms with van der Waals surface area (Å²) >= 11 is 0. The molecule has 1 N–H and O–H groups in total. The van der Waals surface area contributed by atoms with Crippen LogP contribution in [0.25, 0.3) is 0 Å². The molecule has 0 aliphatic rings. The van der Waals surface area contributed by atoms with Crippen LogP contribution in [0.5, 0.6) is 0 Å². The van der Waals surface area contributed by atoms with Crippen molar-refractivity contribution in [1.29, 1.82) is 0 Å². The van der Waals surface area contributed by atoms with Crippen LogP contribution in [0.1, 0.15) is 25.3 Å². The maximum atomic E-state index is 10.6. The summed E-state index contributed by atoms with van der Waals surface area (Å²) in [6, 6.07) is 9.85. The smallest absolute Gasteiger partial charge is 0.330 e. The Morgan fingerprint density at radius 1 is 1.36 bits per heavy atom. The standard InChI is InChI=1S/C12H14O2/c1-9(8-10(2)12(13)14)11-6-4-3-5-7-11/h3-9H,1-2H3,(H,13,14)/t9-/m0/s1. The van der Waals surface area contributed by atoms with Gasteiger partial charge in [0.15, 0.2) is 0 Å². The number of allylic oxidation sites excluding steroid dienone is 1. The van der Waals surface area contributed by atoms with Crippen LogP contribution in [0.2, 0.25) is 0 Å². The number of benzene rings is 1. The molecule has 74 valence electrons. The maximum Gasteiger partial charge on any atom is 0.330 e. The highest BCUT2D eigenvalue weighted by Gasteiger charge is 2.05. The summed E-state index contributed by atoms with van der Waals surface area (Å²) in [6.45, 7) is 3.60. The lowest BCUT2D eigenvalue weighted by Gasteiger charge is -2.06. The van der Waals surface area contributed by atoms with Gasteiger partial charge in [0.05, 0.1) is 0 Å². The van der Waals surface area contributed by atoms with E-state index in [-0.39, 0.29) is 5.92 Å². The van der Waals surface area contributed by atoms with Crippen LogP contribution in [-0.4, -0.2) is 11.1 Å². The minimum atomic E-state index is -0.854. The molecule has 1 aromatic carbocycles. The van der Waals surface area contributed by atoms with Gasteiger partial charge in [-0.1, -0.05) is 43.3 Å². The van der Waals surface area contributed by atoms with E-state index in [1.54, 1.807) is 13.0 Å². The molecule has 14 heavy (non-hydrogen) atoms. The van der Waals surface area contributed by atoms with E-state index in [4.69, 9.17) is 5.11 Å². The third-order valence-corrected chi connectivity index (χ3v) is 2.16. The van der Waals surface area contributed by atoms with Gasteiger partial charge in [0.25, 0.3) is 0 Å². The van der Waals surface area contributed by atoms with Gasteiger partial charge in [0.1, 0.15) is 0 Å². The van der Waals surface area contributed by atoms with E-state index >= 15 is 0 Å². The molecule has 0 saturated carbocycles. The normalized spacial score (nSPS) is 13.7. The second-order valence-electron chi connectivity index (χ2n) is 3.35. The van der Waals surface area contributed by atoms with Gasteiger partial charge in [-0.15, -0.1) is 0 Å². The van der Waals surface area contributed by atoms with Gasteiger partial charge in [-0.2, -0.15) is 0 Å². The molecule has 0 saturated heterocycles. The van der Waals surface area contributed by atoms with Crippen LogP contribution in [-0.2, 0) is 4.79 Å². The molecule has 0 aliphatic heterocycles. The molecule has 0 spiro atoms. The molecule has 2 nitrogen and oxygen atoms in total. The fourth-order valence-electron chi connectivity index (χ4n) is 1.30. The van der Waals surface area contributed by atoms with E-state index in [1.165, 1.54) is 0 Å². The number of carboxylic acids is 1.